The first-order valence-corrected chi connectivity index (χ1v) is 7.64. The predicted octanol–water partition coefficient (Wildman–Crippen LogP) is -0.198. The van der Waals surface area contributed by atoms with E-state index in [1.807, 2.05) is 0 Å². The standard InChI is InChI=1S/C15H32N4O2/c1-18(2,3)12-10-16-14(20)8-7-9-15(21)17-11-13-19(4,5)6/h7-13H2,1-6H3/p+2. The molecule has 0 aliphatic carbocycles. The van der Waals surface area contributed by atoms with Gasteiger partial charge < -0.3 is 19.6 Å². The fraction of sp³-hybridized carbons (Fsp3) is 0.867. The lowest BCUT2D eigenvalue weighted by atomic mass is 10.2. The monoisotopic (exact) mass is 302 g/mol. The third-order valence-electron chi connectivity index (χ3n) is 3.02. The van der Waals surface area contributed by atoms with Crippen molar-refractivity contribution in [3.8, 4) is 0 Å². The zero-order valence-corrected chi connectivity index (χ0v) is 14.7. The van der Waals surface area contributed by atoms with Crippen molar-refractivity contribution in [2.75, 3.05) is 68.5 Å². The van der Waals surface area contributed by atoms with E-state index in [1.54, 1.807) is 0 Å². The Hall–Kier alpha value is -1.14. The largest absolute Gasteiger partial charge is 0.350 e. The molecule has 0 aliphatic rings. The third kappa shape index (κ3) is 15.1. The van der Waals surface area contributed by atoms with Gasteiger partial charge in [-0.15, -0.1) is 0 Å². The van der Waals surface area contributed by atoms with Crippen LogP contribution in [0.15, 0.2) is 0 Å². The maximum atomic E-state index is 11.6. The summed E-state index contributed by atoms with van der Waals surface area (Å²) >= 11 is 0. The van der Waals surface area contributed by atoms with Gasteiger partial charge in [0.2, 0.25) is 11.8 Å². The van der Waals surface area contributed by atoms with Crippen LogP contribution in [0.4, 0.5) is 0 Å². The van der Waals surface area contributed by atoms with Crippen molar-refractivity contribution in [3.63, 3.8) is 0 Å². The van der Waals surface area contributed by atoms with E-state index < -0.39 is 0 Å². The van der Waals surface area contributed by atoms with Gasteiger partial charge in [-0.05, 0) is 6.42 Å². The summed E-state index contributed by atoms with van der Waals surface area (Å²) in [6.07, 6.45) is 1.44. The Labute approximate surface area is 129 Å². The molecule has 0 aromatic carbocycles. The minimum atomic E-state index is 0.0302. The van der Waals surface area contributed by atoms with Gasteiger partial charge in [0, 0.05) is 12.8 Å². The zero-order valence-electron chi connectivity index (χ0n) is 14.7. The van der Waals surface area contributed by atoms with Crippen molar-refractivity contribution in [1.29, 1.82) is 0 Å². The van der Waals surface area contributed by atoms with Crippen LogP contribution in [0.1, 0.15) is 19.3 Å². The highest BCUT2D eigenvalue weighted by molar-refractivity contribution is 5.78. The molecule has 0 saturated heterocycles. The Morgan fingerprint density at radius 1 is 0.714 bits per heavy atom. The molecule has 124 valence electrons. The molecular formula is C15H34N4O2+2. The van der Waals surface area contributed by atoms with Crippen LogP contribution in [0.3, 0.4) is 0 Å². The normalized spacial score (nSPS) is 12.1. The Kier molecular flexibility index (Phi) is 8.51. The summed E-state index contributed by atoms with van der Waals surface area (Å²) in [6.45, 7) is 3.16. The van der Waals surface area contributed by atoms with Gasteiger partial charge in [0.25, 0.3) is 0 Å². The minimum absolute atomic E-state index is 0.0302. The fourth-order valence-corrected chi connectivity index (χ4v) is 1.65. The number of nitrogens with zero attached hydrogens (tertiary/aromatic N) is 2. The van der Waals surface area contributed by atoms with Crippen molar-refractivity contribution in [2.24, 2.45) is 0 Å². The number of likely N-dealkylation sites (N-methyl/N-ethyl adjacent to an activating group) is 2. The molecule has 0 aromatic heterocycles. The van der Waals surface area contributed by atoms with Crippen LogP contribution in [-0.4, -0.2) is 89.2 Å². The molecule has 2 amide bonds. The van der Waals surface area contributed by atoms with Crippen LogP contribution in [-0.2, 0) is 9.59 Å². The molecule has 6 nitrogen and oxygen atoms in total. The number of carbonyl (C=O) groups is 2. The minimum Gasteiger partial charge on any atom is -0.350 e. The molecule has 21 heavy (non-hydrogen) atoms. The first-order chi connectivity index (χ1) is 9.49. The fourth-order valence-electron chi connectivity index (χ4n) is 1.65. The third-order valence-corrected chi connectivity index (χ3v) is 3.02. The van der Waals surface area contributed by atoms with Crippen LogP contribution >= 0.6 is 0 Å². The molecule has 0 radical (unpaired) electrons. The van der Waals surface area contributed by atoms with Crippen molar-refractivity contribution in [2.45, 2.75) is 19.3 Å². The molecule has 0 bridgehead atoms. The van der Waals surface area contributed by atoms with E-state index in [-0.39, 0.29) is 11.8 Å². The Morgan fingerprint density at radius 3 is 1.33 bits per heavy atom. The van der Waals surface area contributed by atoms with Crippen LogP contribution in [0, 0.1) is 0 Å². The SMILES string of the molecule is C[N+](C)(C)CCNC(=O)CCCC(=O)NCC[N+](C)(C)C. The van der Waals surface area contributed by atoms with Crippen molar-refractivity contribution in [1.82, 2.24) is 10.6 Å². The summed E-state index contributed by atoms with van der Waals surface area (Å²) < 4.78 is 1.66. The maximum Gasteiger partial charge on any atom is 0.220 e. The molecule has 0 saturated carbocycles. The highest BCUT2D eigenvalue weighted by atomic mass is 16.2. The number of hydrogen-bond donors (Lipinski definition) is 2. The van der Waals surface area contributed by atoms with E-state index in [4.69, 9.17) is 0 Å². The topological polar surface area (TPSA) is 58.2 Å². The second-order valence-corrected chi connectivity index (χ2v) is 7.58. The molecule has 0 heterocycles. The number of amides is 2. The van der Waals surface area contributed by atoms with Crippen LogP contribution in [0.25, 0.3) is 0 Å². The maximum absolute atomic E-state index is 11.6. The lowest BCUT2D eigenvalue weighted by Gasteiger charge is -2.23. The molecule has 0 rings (SSSR count). The number of hydrogen-bond acceptors (Lipinski definition) is 2. The Morgan fingerprint density at radius 2 is 1.05 bits per heavy atom. The average Bonchev–Trinajstić information content (AvgIpc) is 2.25. The summed E-state index contributed by atoms with van der Waals surface area (Å²) in [4.78, 5) is 23.2. The van der Waals surface area contributed by atoms with E-state index in [1.165, 1.54) is 0 Å². The smallest absolute Gasteiger partial charge is 0.220 e. The summed E-state index contributed by atoms with van der Waals surface area (Å²) in [5, 5.41) is 5.77. The summed E-state index contributed by atoms with van der Waals surface area (Å²) in [6, 6.07) is 0. The van der Waals surface area contributed by atoms with E-state index in [2.05, 4.69) is 52.9 Å². The molecule has 2 N–H and O–H groups in total. The second-order valence-electron chi connectivity index (χ2n) is 7.58. The first-order valence-electron chi connectivity index (χ1n) is 7.64. The number of rotatable bonds is 10. The molecule has 0 aliphatic heterocycles. The van der Waals surface area contributed by atoms with Gasteiger partial charge >= 0.3 is 0 Å². The number of carbonyl (C=O) groups excluding carboxylic acids is 2. The summed E-state index contributed by atoms with van der Waals surface area (Å²) in [5.41, 5.74) is 0. The van der Waals surface area contributed by atoms with E-state index in [9.17, 15) is 9.59 Å². The lowest BCUT2D eigenvalue weighted by Crippen LogP contribution is -2.42. The molecule has 0 atom stereocenters. The molecule has 0 fully saturated rings. The first kappa shape index (κ1) is 19.9. The van der Waals surface area contributed by atoms with Gasteiger partial charge in [-0.3, -0.25) is 9.59 Å². The van der Waals surface area contributed by atoms with Crippen molar-refractivity contribution >= 4 is 11.8 Å². The van der Waals surface area contributed by atoms with E-state index in [0.29, 0.717) is 32.4 Å². The highest BCUT2D eigenvalue weighted by Crippen LogP contribution is 1.96. The van der Waals surface area contributed by atoms with Crippen molar-refractivity contribution in [3.05, 3.63) is 0 Å². The van der Waals surface area contributed by atoms with Gasteiger partial charge in [0.1, 0.15) is 0 Å². The van der Waals surface area contributed by atoms with Gasteiger partial charge in [0.05, 0.1) is 68.5 Å². The summed E-state index contributed by atoms with van der Waals surface area (Å²) in [5.74, 6) is 0.0604. The number of quaternary nitrogens is 2. The summed E-state index contributed by atoms with van der Waals surface area (Å²) in [7, 11) is 12.5. The predicted molar refractivity (Wildman–Crippen MR) is 85.7 cm³/mol. The molecule has 0 spiro atoms. The average molecular weight is 302 g/mol. The van der Waals surface area contributed by atoms with E-state index in [0.717, 1.165) is 22.1 Å². The molecule has 0 unspecified atom stereocenters. The van der Waals surface area contributed by atoms with Gasteiger partial charge in [0.15, 0.2) is 0 Å². The lowest BCUT2D eigenvalue weighted by molar-refractivity contribution is -0.869. The quantitative estimate of drug-likeness (QED) is 0.549. The van der Waals surface area contributed by atoms with Crippen LogP contribution in [0.5, 0.6) is 0 Å². The highest BCUT2D eigenvalue weighted by Gasteiger charge is 2.10. The van der Waals surface area contributed by atoms with Gasteiger partial charge in [-0.1, -0.05) is 0 Å². The Bertz CT molecular complexity index is 298. The molecular weight excluding hydrogens is 268 g/mol. The van der Waals surface area contributed by atoms with Crippen LogP contribution < -0.4 is 10.6 Å². The van der Waals surface area contributed by atoms with Gasteiger partial charge in [-0.2, -0.15) is 0 Å². The second kappa shape index (κ2) is 9.00. The number of nitrogens with one attached hydrogen (secondary N) is 2. The van der Waals surface area contributed by atoms with Gasteiger partial charge in [-0.25, -0.2) is 0 Å². The molecule has 6 heteroatoms. The molecule has 0 aromatic rings. The van der Waals surface area contributed by atoms with Crippen molar-refractivity contribution < 1.29 is 18.6 Å². The zero-order chi connectivity index (χ0) is 16.5. The Balaban J connectivity index is 3.60. The van der Waals surface area contributed by atoms with E-state index >= 15 is 0 Å². The van der Waals surface area contributed by atoms with Crippen LogP contribution in [0.2, 0.25) is 0 Å².